The first-order chi connectivity index (χ1) is 5.79. The molecule has 0 saturated heterocycles. The van der Waals surface area contributed by atoms with Crippen LogP contribution in [0.25, 0.3) is 10.1 Å². The Morgan fingerprint density at radius 3 is 3.08 bits per heavy atom. The van der Waals surface area contributed by atoms with Crippen molar-refractivity contribution in [1.82, 2.24) is 4.98 Å². The van der Waals surface area contributed by atoms with E-state index >= 15 is 0 Å². The Balaban J connectivity index is 2.66. The van der Waals surface area contributed by atoms with Gasteiger partial charge in [0.05, 0.1) is 15.6 Å². The molecule has 4 heteroatoms. The highest BCUT2D eigenvalue weighted by molar-refractivity contribution is 9.11. The molecule has 62 valence electrons. The van der Waals surface area contributed by atoms with E-state index in [0.29, 0.717) is 5.88 Å². The minimum atomic E-state index is 0.660. The summed E-state index contributed by atoms with van der Waals surface area (Å²) in [5.41, 5.74) is 0. The summed E-state index contributed by atoms with van der Waals surface area (Å²) in [5, 5.41) is 1.17. The van der Waals surface area contributed by atoms with Gasteiger partial charge in [-0.1, -0.05) is 0 Å². The van der Waals surface area contributed by atoms with Crippen LogP contribution in [0.2, 0.25) is 0 Å². The molecule has 0 aliphatic carbocycles. The van der Waals surface area contributed by atoms with Crippen LogP contribution in [0.5, 0.6) is 5.88 Å². The lowest BCUT2D eigenvalue weighted by Gasteiger charge is -1.95. The SMILES string of the molecule is COc1cc2cc(Br)sc2cn1. The number of aromatic nitrogens is 1. The predicted octanol–water partition coefficient (Wildman–Crippen LogP) is 3.07. The summed E-state index contributed by atoms with van der Waals surface area (Å²) in [6.07, 6.45) is 1.82. The van der Waals surface area contributed by atoms with Crippen molar-refractivity contribution in [3.63, 3.8) is 0 Å². The average Bonchev–Trinajstić information content (AvgIpc) is 2.43. The van der Waals surface area contributed by atoms with Gasteiger partial charge in [0.1, 0.15) is 0 Å². The van der Waals surface area contributed by atoms with E-state index in [1.165, 1.54) is 10.1 Å². The molecule has 0 aromatic carbocycles. The molecule has 0 aliphatic heterocycles. The van der Waals surface area contributed by atoms with Gasteiger partial charge in [-0.25, -0.2) is 4.98 Å². The third-order valence-electron chi connectivity index (χ3n) is 1.56. The minimum absolute atomic E-state index is 0.660. The van der Waals surface area contributed by atoms with Crippen molar-refractivity contribution in [3.8, 4) is 5.88 Å². The van der Waals surface area contributed by atoms with Gasteiger partial charge in [-0.15, -0.1) is 11.3 Å². The molecule has 0 saturated carbocycles. The number of rotatable bonds is 1. The fraction of sp³-hybridized carbons (Fsp3) is 0.125. The third kappa shape index (κ3) is 1.32. The Kier molecular flexibility index (Phi) is 2.02. The summed E-state index contributed by atoms with van der Waals surface area (Å²) in [7, 11) is 1.62. The molecule has 2 aromatic rings. The molecule has 0 fully saturated rings. The monoisotopic (exact) mass is 243 g/mol. The van der Waals surface area contributed by atoms with Crippen LogP contribution in [0.4, 0.5) is 0 Å². The van der Waals surface area contributed by atoms with Crippen molar-refractivity contribution in [2.75, 3.05) is 7.11 Å². The van der Waals surface area contributed by atoms with Gasteiger partial charge in [-0.3, -0.25) is 0 Å². The zero-order valence-corrected chi connectivity index (χ0v) is 8.78. The molecule has 0 radical (unpaired) electrons. The lowest BCUT2D eigenvalue weighted by Crippen LogP contribution is -1.84. The first-order valence-electron chi connectivity index (χ1n) is 3.38. The highest BCUT2D eigenvalue weighted by atomic mass is 79.9. The van der Waals surface area contributed by atoms with Gasteiger partial charge in [0.25, 0.3) is 0 Å². The number of hydrogen-bond acceptors (Lipinski definition) is 3. The van der Waals surface area contributed by atoms with Crippen LogP contribution in [-0.2, 0) is 0 Å². The highest BCUT2D eigenvalue weighted by Crippen LogP contribution is 2.30. The molecule has 12 heavy (non-hydrogen) atoms. The zero-order chi connectivity index (χ0) is 8.55. The Morgan fingerprint density at radius 2 is 2.33 bits per heavy atom. The normalized spacial score (nSPS) is 10.5. The maximum Gasteiger partial charge on any atom is 0.213 e. The number of nitrogens with zero attached hydrogens (tertiary/aromatic N) is 1. The van der Waals surface area contributed by atoms with Crippen LogP contribution in [0.3, 0.4) is 0 Å². The van der Waals surface area contributed by atoms with E-state index in [0.717, 1.165) is 3.79 Å². The Bertz CT molecular complexity index is 412. The van der Waals surface area contributed by atoms with Gasteiger partial charge in [-0.2, -0.15) is 0 Å². The van der Waals surface area contributed by atoms with E-state index in [4.69, 9.17) is 4.74 Å². The first-order valence-corrected chi connectivity index (χ1v) is 4.99. The van der Waals surface area contributed by atoms with Crippen molar-refractivity contribution in [1.29, 1.82) is 0 Å². The van der Waals surface area contributed by atoms with Crippen molar-refractivity contribution in [2.24, 2.45) is 0 Å². The van der Waals surface area contributed by atoms with Gasteiger partial charge in [0.15, 0.2) is 0 Å². The van der Waals surface area contributed by atoms with Crippen LogP contribution in [0.1, 0.15) is 0 Å². The van der Waals surface area contributed by atoms with E-state index in [9.17, 15) is 0 Å². The number of thiophene rings is 1. The van der Waals surface area contributed by atoms with E-state index < -0.39 is 0 Å². The van der Waals surface area contributed by atoms with Crippen molar-refractivity contribution < 1.29 is 4.74 Å². The van der Waals surface area contributed by atoms with E-state index in [1.807, 2.05) is 12.3 Å². The van der Waals surface area contributed by atoms with Crippen LogP contribution < -0.4 is 4.74 Å². The van der Waals surface area contributed by atoms with Crippen LogP contribution >= 0.6 is 27.3 Å². The van der Waals surface area contributed by atoms with Gasteiger partial charge in [0.2, 0.25) is 5.88 Å². The molecule has 0 bridgehead atoms. The summed E-state index contributed by atoms with van der Waals surface area (Å²) in [6.45, 7) is 0. The van der Waals surface area contributed by atoms with Gasteiger partial charge in [-0.05, 0) is 22.0 Å². The minimum Gasteiger partial charge on any atom is -0.481 e. The number of ether oxygens (including phenoxy) is 1. The van der Waals surface area contributed by atoms with E-state index in [1.54, 1.807) is 18.4 Å². The van der Waals surface area contributed by atoms with Crippen LogP contribution in [-0.4, -0.2) is 12.1 Å². The van der Waals surface area contributed by atoms with E-state index in [-0.39, 0.29) is 0 Å². The summed E-state index contributed by atoms with van der Waals surface area (Å²) in [5.74, 6) is 0.660. The molecule has 0 spiro atoms. The van der Waals surface area contributed by atoms with Gasteiger partial charge >= 0.3 is 0 Å². The molecule has 2 aromatic heterocycles. The Morgan fingerprint density at radius 1 is 1.50 bits per heavy atom. The second-order valence-corrected chi connectivity index (χ2v) is 4.78. The molecule has 2 rings (SSSR count). The zero-order valence-electron chi connectivity index (χ0n) is 6.37. The molecule has 0 aliphatic rings. The molecule has 0 unspecified atom stereocenters. The lowest BCUT2D eigenvalue weighted by atomic mass is 10.3. The third-order valence-corrected chi connectivity index (χ3v) is 3.15. The second kappa shape index (κ2) is 3.03. The second-order valence-electron chi connectivity index (χ2n) is 2.32. The van der Waals surface area contributed by atoms with Crippen LogP contribution in [0, 0.1) is 0 Å². The maximum absolute atomic E-state index is 5.01. The molecule has 0 atom stereocenters. The summed E-state index contributed by atoms with van der Waals surface area (Å²) in [4.78, 5) is 4.11. The standard InChI is InChI=1S/C8H6BrNOS/c1-11-8-3-5-2-7(9)12-6(5)4-10-8/h2-4H,1H3. The van der Waals surface area contributed by atoms with Crippen LogP contribution in [0.15, 0.2) is 22.1 Å². The van der Waals surface area contributed by atoms with Crippen molar-refractivity contribution in [3.05, 3.63) is 22.1 Å². The quantitative estimate of drug-likeness (QED) is 0.769. The topological polar surface area (TPSA) is 22.1 Å². The first kappa shape index (κ1) is 8.01. The number of halogens is 1. The summed E-state index contributed by atoms with van der Waals surface area (Å²) < 4.78 is 7.30. The van der Waals surface area contributed by atoms with Crippen molar-refractivity contribution >= 4 is 37.4 Å². The lowest BCUT2D eigenvalue weighted by molar-refractivity contribution is 0.399. The average molecular weight is 244 g/mol. The highest BCUT2D eigenvalue weighted by Gasteiger charge is 2.00. The predicted molar refractivity (Wildman–Crippen MR) is 53.9 cm³/mol. The summed E-state index contributed by atoms with van der Waals surface area (Å²) >= 11 is 5.09. The summed E-state index contributed by atoms with van der Waals surface area (Å²) in [6, 6.07) is 3.99. The largest absolute Gasteiger partial charge is 0.481 e. The molecule has 0 N–H and O–H groups in total. The number of pyridine rings is 1. The maximum atomic E-state index is 5.01. The fourth-order valence-electron chi connectivity index (χ4n) is 1.00. The number of fused-ring (bicyclic) bond motifs is 1. The Labute approximate surface area is 82.3 Å². The number of hydrogen-bond donors (Lipinski definition) is 0. The van der Waals surface area contributed by atoms with Crippen molar-refractivity contribution in [2.45, 2.75) is 0 Å². The van der Waals surface area contributed by atoms with Gasteiger partial charge < -0.3 is 4.74 Å². The van der Waals surface area contributed by atoms with Gasteiger partial charge in [0, 0.05) is 17.6 Å². The van der Waals surface area contributed by atoms with E-state index in [2.05, 4.69) is 27.0 Å². The molecule has 0 amide bonds. The molecular formula is C8H6BrNOS. The molecular weight excluding hydrogens is 238 g/mol. The fourth-order valence-corrected chi connectivity index (χ4v) is 2.51. The molecule has 2 nitrogen and oxygen atoms in total. The Hall–Kier alpha value is -0.610. The molecule has 2 heterocycles. The number of methoxy groups -OCH3 is 1. The smallest absolute Gasteiger partial charge is 0.213 e.